The molecule has 3 nitrogen and oxygen atoms in total. The van der Waals surface area contributed by atoms with Crippen LogP contribution in [0.1, 0.15) is 117 Å². The molecule has 3 atom stereocenters. The van der Waals surface area contributed by atoms with E-state index in [1.807, 2.05) is 0 Å². The zero-order valence-corrected chi connectivity index (χ0v) is 19.0. The minimum Gasteiger partial charge on any atom is -0.393 e. The molecule has 0 heterocycles. The predicted molar refractivity (Wildman–Crippen MR) is 121 cm³/mol. The van der Waals surface area contributed by atoms with E-state index in [4.69, 9.17) is 11.5 Å². The molecular weight excluding hydrogens is 344 g/mol. The minimum atomic E-state index is -0.296. The van der Waals surface area contributed by atoms with Gasteiger partial charge < -0.3 is 16.6 Å². The highest BCUT2D eigenvalue weighted by molar-refractivity contribution is 4.89. The Morgan fingerprint density at radius 3 is 1.61 bits per heavy atom. The first-order valence-electron chi connectivity index (χ1n) is 12.8. The number of nitrogens with two attached hydrogens (primary N) is 2. The number of hydrogen-bond acceptors (Lipinski definition) is 3. The summed E-state index contributed by atoms with van der Waals surface area (Å²) in [5, 5.41) is 11.1. The van der Waals surface area contributed by atoms with Crippen LogP contribution in [-0.2, 0) is 0 Å². The third kappa shape index (κ3) is 7.61. The van der Waals surface area contributed by atoms with Crippen LogP contribution in [0.5, 0.6) is 0 Å². The second-order valence-corrected chi connectivity index (χ2v) is 10.2. The van der Waals surface area contributed by atoms with Crippen molar-refractivity contribution in [2.45, 2.75) is 129 Å². The van der Waals surface area contributed by atoms with Gasteiger partial charge in [-0.1, -0.05) is 97.3 Å². The SMILES string of the molecule is CCCCC(CC(O)CC(CCCC)C(C1CCCC1)C1CCCC1)C(N)N. The van der Waals surface area contributed by atoms with E-state index in [2.05, 4.69) is 13.8 Å². The van der Waals surface area contributed by atoms with E-state index in [9.17, 15) is 5.11 Å². The van der Waals surface area contributed by atoms with Gasteiger partial charge in [-0.25, -0.2) is 0 Å². The van der Waals surface area contributed by atoms with Gasteiger partial charge >= 0.3 is 0 Å². The topological polar surface area (TPSA) is 72.3 Å². The summed E-state index contributed by atoms with van der Waals surface area (Å²) in [5.74, 6) is 3.65. The van der Waals surface area contributed by atoms with Crippen molar-refractivity contribution in [3.05, 3.63) is 0 Å². The molecule has 0 aromatic carbocycles. The van der Waals surface area contributed by atoms with E-state index in [0.29, 0.717) is 5.92 Å². The number of aliphatic hydroxyl groups is 1. The van der Waals surface area contributed by atoms with E-state index in [-0.39, 0.29) is 18.2 Å². The Labute approximate surface area is 175 Å². The lowest BCUT2D eigenvalue weighted by Gasteiger charge is -2.38. The van der Waals surface area contributed by atoms with Gasteiger partial charge in [0.1, 0.15) is 0 Å². The summed E-state index contributed by atoms with van der Waals surface area (Å²) in [4.78, 5) is 0. The molecule has 2 rings (SSSR count). The van der Waals surface area contributed by atoms with Crippen LogP contribution in [0.2, 0.25) is 0 Å². The molecule has 0 radical (unpaired) electrons. The van der Waals surface area contributed by atoms with E-state index in [1.165, 1.54) is 77.0 Å². The molecule has 0 aromatic rings. The zero-order chi connectivity index (χ0) is 20.4. The van der Waals surface area contributed by atoms with Crippen LogP contribution in [0, 0.1) is 29.6 Å². The Kier molecular flexibility index (Phi) is 11.4. The summed E-state index contributed by atoms with van der Waals surface area (Å²) < 4.78 is 0. The fourth-order valence-electron chi connectivity index (χ4n) is 6.50. The number of unbranched alkanes of at least 4 members (excludes halogenated alkanes) is 2. The highest BCUT2D eigenvalue weighted by Gasteiger charge is 2.38. The molecule has 2 aliphatic rings. The van der Waals surface area contributed by atoms with Gasteiger partial charge in [0, 0.05) is 0 Å². The van der Waals surface area contributed by atoms with Crippen molar-refractivity contribution in [1.29, 1.82) is 0 Å². The fourth-order valence-corrected chi connectivity index (χ4v) is 6.50. The van der Waals surface area contributed by atoms with Gasteiger partial charge in [-0.3, -0.25) is 0 Å². The number of aliphatic hydroxyl groups excluding tert-OH is 1. The molecule has 3 unspecified atom stereocenters. The summed E-state index contributed by atoms with van der Waals surface area (Å²) in [6.45, 7) is 4.52. The smallest absolute Gasteiger partial charge is 0.0550 e. The molecule has 0 bridgehead atoms. The molecule has 0 aliphatic heterocycles. The van der Waals surface area contributed by atoms with Crippen molar-refractivity contribution in [2.75, 3.05) is 0 Å². The van der Waals surface area contributed by atoms with Gasteiger partial charge in [-0.2, -0.15) is 0 Å². The quantitative estimate of drug-likeness (QED) is 0.317. The molecule has 2 aliphatic carbocycles. The second-order valence-electron chi connectivity index (χ2n) is 10.2. The minimum absolute atomic E-state index is 0.233. The number of rotatable bonds is 14. The zero-order valence-electron chi connectivity index (χ0n) is 19.0. The Balaban J connectivity index is 2.04. The maximum absolute atomic E-state index is 11.1. The van der Waals surface area contributed by atoms with E-state index < -0.39 is 0 Å². The first kappa shape index (κ1) is 24.2. The van der Waals surface area contributed by atoms with Crippen molar-refractivity contribution in [1.82, 2.24) is 0 Å². The maximum Gasteiger partial charge on any atom is 0.0550 e. The molecule has 0 saturated heterocycles. The van der Waals surface area contributed by atoms with Crippen LogP contribution < -0.4 is 11.5 Å². The summed E-state index contributed by atoms with van der Waals surface area (Å²) in [6.07, 6.45) is 20.0. The lowest BCUT2D eigenvalue weighted by molar-refractivity contribution is 0.0566. The molecule has 0 amide bonds. The van der Waals surface area contributed by atoms with Crippen LogP contribution in [0.4, 0.5) is 0 Å². The third-order valence-electron chi connectivity index (χ3n) is 7.98. The van der Waals surface area contributed by atoms with Crippen molar-refractivity contribution < 1.29 is 5.11 Å². The van der Waals surface area contributed by atoms with Gasteiger partial charge in [0.05, 0.1) is 12.3 Å². The molecule has 2 fully saturated rings. The van der Waals surface area contributed by atoms with E-state index in [0.717, 1.165) is 43.4 Å². The Morgan fingerprint density at radius 2 is 1.18 bits per heavy atom. The molecule has 166 valence electrons. The van der Waals surface area contributed by atoms with Crippen molar-refractivity contribution in [3.8, 4) is 0 Å². The average Bonchev–Trinajstić information content (AvgIpc) is 3.37. The van der Waals surface area contributed by atoms with Crippen molar-refractivity contribution in [3.63, 3.8) is 0 Å². The summed E-state index contributed by atoms with van der Waals surface area (Å²) in [6, 6.07) is 0. The average molecular weight is 395 g/mol. The van der Waals surface area contributed by atoms with E-state index in [1.54, 1.807) is 0 Å². The van der Waals surface area contributed by atoms with Crippen LogP contribution >= 0.6 is 0 Å². The van der Waals surface area contributed by atoms with Crippen LogP contribution in [0.3, 0.4) is 0 Å². The Bertz CT molecular complexity index is 372. The van der Waals surface area contributed by atoms with Crippen molar-refractivity contribution in [2.24, 2.45) is 41.1 Å². The lowest BCUT2D eigenvalue weighted by Crippen LogP contribution is -2.41. The summed E-state index contributed by atoms with van der Waals surface area (Å²) >= 11 is 0. The van der Waals surface area contributed by atoms with Gasteiger partial charge in [-0.15, -0.1) is 0 Å². The monoisotopic (exact) mass is 394 g/mol. The molecule has 3 heteroatoms. The molecule has 0 aromatic heterocycles. The molecular formula is C25H50N2O. The fraction of sp³-hybridized carbons (Fsp3) is 1.00. The van der Waals surface area contributed by atoms with Gasteiger partial charge in [-0.05, 0) is 48.9 Å². The lowest BCUT2D eigenvalue weighted by atomic mass is 9.68. The normalized spacial score (nSPS) is 22.4. The van der Waals surface area contributed by atoms with Crippen molar-refractivity contribution >= 4 is 0 Å². The van der Waals surface area contributed by atoms with Crippen LogP contribution in [-0.4, -0.2) is 17.4 Å². The highest BCUT2D eigenvalue weighted by atomic mass is 16.3. The Hall–Kier alpha value is -0.120. The first-order chi connectivity index (χ1) is 13.6. The standard InChI is InChI=1S/C25H50N2O/c1-3-5-11-21(17-23(28)18-22(25(26)27)12-6-4-2)24(19-13-7-8-14-19)20-15-9-10-16-20/h19-25,28H,3-18,26-27H2,1-2H3. The van der Waals surface area contributed by atoms with Gasteiger partial charge in [0.2, 0.25) is 0 Å². The van der Waals surface area contributed by atoms with E-state index >= 15 is 0 Å². The maximum atomic E-state index is 11.1. The third-order valence-corrected chi connectivity index (χ3v) is 7.98. The largest absolute Gasteiger partial charge is 0.393 e. The number of hydrogen-bond donors (Lipinski definition) is 3. The molecule has 5 N–H and O–H groups in total. The highest BCUT2D eigenvalue weighted by Crippen LogP contribution is 2.47. The Morgan fingerprint density at radius 1 is 0.750 bits per heavy atom. The van der Waals surface area contributed by atoms with Gasteiger partial charge in [0.25, 0.3) is 0 Å². The molecule has 0 spiro atoms. The van der Waals surface area contributed by atoms with Crippen LogP contribution in [0.15, 0.2) is 0 Å². The second kappa shape index (κ2) is 13.2. The summed E-state index contributed by atoms with van der Waals surface area (Å²) in [5.41, 5.74) is 12.1. The first-order valence-corrected chi connectivity index (χ1v) is 12.8. The van der Waals surface area contributed by atoms with Gasteiger partial charge in [0.15, 0.2) is 0 Å². The molecule has 2 saturated carbocycles. The van der Waals surface area contributed by atoms with Crippen LogP contribution in [0.25, 0.3) is 0 Å². The summed E-state index contributed by atoms with van der Waals surface area (Å²) in [7, 11) is 0. The predicted octanol–water partition coefficient (Wildman–Crippen LogP) is 5.98. The molecule has 28 heavy (non-hydrogen) atoms.